The third-order valence-corrected chi connectivity index (χ3v) is 9.29. The molecule has 0 spiro atoms. The van der Waals surface area contributed by atoms with Crippen molar-refractivity contribution in [1.82, 2.24) is 10.2 Å². The highest BCUT2D eigenvalue weighted by Crippen LogP contribution is 2.27. The Morgan fingerprint density at radius 2 is 1.42 bits per heavy atom. The summed E-state index contributed by atoms with van der Waals surface area (Å²) in [6.45, 7) is 6.91. The van der Waals surface area contributed by atoms with Crippen LogP contribution in [0, 0.1) is 6.92 Å². The standard InChI is InChI=1S/C35H37Cl2N3O4S/c1-25-13-19-31(20-14-25)45(43,44)40(30-17-15-28(36)16-18-30)24-33(41)39(23-27-11-8-12-29(37)21-27)32(34(42)38-35(2,3)4)22-26-9-6-5-7-10-26/h5-21,32H,22-24H2,1-4H3,(H,38,42)/t32-/m0/s1. The Balaban J connectivity index is 1.81. The second-order valence-corrected chi connectivity index (χ2v) is 14.6. The minimum absolute atomic E-state index is 0.0213. The summed E-state index contributed by atoms with van der Waals surface area (Å²) in [7, 11) is -4.20. The number of rotatable bonds is 11. The number of aryl methyl sites for hydroxylation is 1. The second-order valence-electron chi connectivity index (χ2n) is 11.9. The molecule has 4 aromatic rings. The van der Waals surface area contributed by atoms with Gasteiger partial charge in [-0.2, -0.15) is 0 Å². The summed E-state index contributed by atoms with van der Waals surface area (Å²) in [6.07, 6.45) is 0.209. The number of carbonyl (C=O) groups is 2. The van der Waals surface area contributed by atoms with Crippen molar-refractivity contribution >= 4 is 50.7 Å². The van der Waals surface area contributed by atoms with Gasteiger partial charge in [-0.1, -0.05) is 83.4 Å². The molecule has 0 aliphatic heterocycles. The number of hydrogen-bond acceptors (Lipinski definition) is 4. The zero-order valence-corrected chi connectivity index (χ0v) is 28.0. The normalized spacial score (nSPS) is 12.3. The summed E-state index contributed by atoms with van der Waals surface area (Å²) in [5.41, 5.74) is 2.11. The molecular formula is C35H37Cl2N3O4S. The van der Waals surface area contributed by atoms with Crippen molar-refractivity contribution in [2.75, 3.05) is 10.8 Å². The SMILES string of the molecule is Cc1ccc(S(=O)(=O)N(CC(=O)N(Cc2cccc(Cl)c2)[C@@H](Cc2ccccc2)C(=O)NC(C)(C)C)c2ccc(Cl)cc2)cc1. The van der Waals surface area contributed by atoms with Crippen LogP contribution in [0.4, 0.5) is 5.69 Å². The van der Waals surface area contributed by atoms with Crippen LogP contribution >= 0.6 is 23.2 Å². The Morgan fingerprint density at radius 3 is 2.02 bits per heavy atom. The Labute approximate surface area is 275 Å². The summed E-state index contributed by atoms with van der Waals surface area (Å²) in [4.78, 5) is 29.9. The van der Waals surface area contributed by atoms with Gasteiger partial charge in [-0.05, 0) is 87.4 Å². The van der Waals surface area contributed by atoms with Crippen LogP contribution in [-0.4, -0.2) is 43.3 Å². The van der Waals surface area contributed by atoms with Gasteiger partial charge >= 0.3 is 0 Å². The number of anilines is 1. The van der Waals surface area contributed by atoms with E-state index in [2.05, 4.69) is 5.32 Å². The molecule has 0 fully saturated rings. The number of halogens is 2. The molecule has 4 rings (SSSR count). The zero-order valence-electron chi connectivity index (χ0n) is 25.7. The molecule has 1 N–H and O–H groups in total. The fourth-order valence-electron chi connectivity index (χ4n) is 4.81. The summed E-state index contributed by atoms with van der Waals surface area (Å²) in [5, 5.41) is 3.91. The molecule has 2 amide bonds. The smallest absolute Gasteiger partial charge is 0.264 e. The van der Waals surface area contributed by atoms with E-state index in [0.29, 0.717) is 15.6 Å². The number of nitrogens with one attached hydrogen (secondary N) is 1. The van der Waals surface area contributed by atoms with E-state index in [1.165, 1.54) is 17.0 Å². The molecule has 0 aliphatic carbocycles. The first-order valence-corrected chi connectivity index (χ1v) is 16.7. The Bertz CT molecular complexity index is 1720. The number of amides is 2. The van der Waals surface area contributed by atoms with Crippen molar-refractivity contribution in [2.24, 2.45) is 0 Å². The van der Waals surface area contributed by atoms with E-state index < -0.39 is 34.1 Å². The number of nitrogens with zero attached hydrogens (tertiary/aromatic N) is 2. The van der Waals surface area contributed by atoms with Gasteiger partial charge in [0.2, 0.25) is 11.8 Å². The minimum atomic E-state index is -4.20. The van der Waals surface area contributed by atoms with Crippen LogP contribution in [0.2, 0.25) is 10.0 Å². The van der Waals surface area contributed by atoms with Gasteiger partial charge in [0.15, 0.2) is 0 Å². The summed E-state index contributed by atoms with van der Waals surface area (Å²) in [6, 6.07) is 28.1. The van der Waals surface area contributed by atoms with Gasteiger partial charge in [0.1, 0.15) is 12.6 Å². The van der Waals surface area contributed by atoms with Crippen molar-refractivity contribution in [2.45, 2.75) is 57.1 Å². The van der Waals surface area contributed by atoms with Crippen LogP contribution in [0.1, 0.15) is 37.5 Å². The maximum absolute atomic E-state index is 14.5. The summed E-state index contributed by atoms with van der Waals surface area (Å²) in [5.74, 6) is -0.924. The average Bonchev–Trinajstić information content (AvgIpc) is 2.98. The lowest BCUT2D eigenvalue weighted by Crippen LogP contribution is -2.56. The van der Waals surface area contributed by atoms with Crippen LogP contribution in [-0.2, 0) is 32.6 Å². The third-order valence-electron chi connectivity index (χ3n) is 7.01. The molecule has 45 heavy (non-hydrogen) atoms. The van der Waals surface area contributed by atoms with Gasteiger partial charge in [-0.3, -0.25) is 13.9 Å². The van der Waals surface area contributed by atoms with E-state index in [0.717, 1.165) is 15.4 Å². The molecule has 0 aliphatic rings. The van der Waals surface area contributed by atoms with Gasteiger partial charge in [0.05, 0.1) is 10.6 Å². The van der Waals surface area contributed by atoms with Crippen LogP contribution in [0.5, 0.6) is 0 Å². The van der Waals surface area contributed by atoms with E-state index in [4.69, 9.17) is 23.2 Å². The fraction of sp³-hybridized carbons (Fsp3) is 0.257. The molecule has 236 valence electrons. The van der Waals surface area contributed by atoms with E-state index in [9.17, 15) is 18.0 Å². The Morgan fingerprint density at radius 1 is 0.800 bits per heavy atom. The maximum Gasteiger partial charge on any atom is 0.264 e. The van der Waals surface area contributed by atoms with Crippen LogP contribution in [0.3, 0.4) is 0 Å². The number of benzene rings is 4. The van der Waals surface area contributed by atoms with E-state index in [1.807, 2.05) is 64.1 Å². The number of hydrogen-bond donors (Lipinski definition) is 1. The van der Waals surface area contributed by atoms with Crippen molar-refractivity contribution in [3.05, 3.63) is 130 Å². The van der Waals surface area contributed by atoms with Crippen molar-refractivity contribution in [1.29, 1.82) is 0 Å². The molecule has 0 bridgehead atoms. The molecule has 1 atom stereocenters. The Hall–Kier alpha value is -3.85. The molecule has 7 nitrogen and oxygen atoms in total. The van der Waals surface area contributed by atoms with Crippen molar-refractivity contribution < 1.29 is 18.0 Å². The zero-order chi connectivity index (χ0) is 32.8. The van der Waals surface area contributed by atoms with Gasteiger partial charge in [0.25, 0.3) is 10.0 Å². The third kappa shape index (κ3) is 9.33. The lowest BCUT2D eigenvalue weighted by atomic mass is 10.0. The van der Waals surface area contributed by atoms with Crippen LogP contribution in [0.15, 0.2) is 108 Å². The topological polar surface area (TPSA) is 86.8 Å². The highest BCUT2D eigenvalue weighted by molar-refractivity contribution is 7.92. The van der Waals surface area contributed by atoms with Crippen molar-refractivity contribution in [3.8, 4) is 0 Å². The van der Waals surface area contributed by atoms with Gasteiger partial charge < -0.3 is 10.2 Å². The number of carbonyl (C=O) groups excluding carboxylic acids is 2. The number of sulfonamides is 1. The Kier molecular flexibility index (Phi) is 11.0. The predicted octanol–water partition coefficient (Wildman–Crippen LogP) is 7.05. The van der Waals surface area contributed by atoms with Gasteiger partial charge in [-0.15, -0.1) is 0 Å². The lowest BCUT2D eigenvalue weighted by molar-refractivity contribution is -0.140. The quantitative estimate of drug-likeness (QED) is 0.186. The van der Waals surface area contributed by atoms with Crippen LogP contribution < -0.4 is 9.62 Å². The second kappa shape index (κ2) is 14.5. The van der Waals surface area contributed by atoms with Gasteiger partial charge in [0, 0.05) is 28.5 Å². The lowest BCUT2D eigenvalue weighted by Gasteiger charge is -2.35. The van der Waals surface area contributed by atoms with Gasteiger partial charge in [-0.25, -0.2) is 8.42 Å². The van der Waals surface area contributed by atoms with E-state index in [-0.39, 0.29) is 29.5 Å². The molecule has 0 aromatic heterocycles. The summed E-state index contributed by atoms with van der Waals surface area (Å²) >= 11 is 12.4. The fourth-order valence-corrected chi connectivity index (χ4v) is 6.57. The van der Waals surface area contributed by atoms with Crippen LogP contribution in [0.25, 0.3) is 0 Å². The van der Waals surface area contributed by atoms with Crippen molar-refractivity contribution in [3.63, 3.8) is 0 Å². The average molecular weight is 667 g/mol. The molecule has 0 saturated carbocycles. The first-order chi connectivity index (χ1) is 21.2. The van der Waals surface area contributed by atoms with E-state index >= 15 is 0 Å². The van der Waals surface area contributed by atoms with E-state index in [1.54, 1.807) is 54.6 Å². The molecule has 10 heteroatoms. The minimum Gasteiger partial charge on any atom is -0.350 e. The maximum atomic E-state index is 14.5. The first kappa shape index (κ1) is 34.0. The monoisotopic (exact) mass is 665 g/mol. The molecule has 0 saturated heterocycles. The summed E-state index contributed by atoms with van der Waals surface area (Å²) < 4.78 is 29.3. The highest BCUT2D eigenvalue weighted by Gasteiger charge is 2.35. The first-order valence-electron chi connectivity index (χ1n) is 14.5. The largest absolute Gasteiger partial charge is 0.350 e. The molecule has 0 unspecified atom stereocenters. The molecule has 0 heterocycles. The molecule has 4 aromatic carbocycles. The highest BCUT2D eigenvalue weighted by atomic mass is 35.5. The predicted molar refractivity (Wildman–Crippen MR) is 181 cm³/mol. The molecular weight excluding hydrogens is 629 g/mol. The molecule has 0 radical (unpaired) electrons.